The molecule has 2 rings (SSSR count). The van der Waals surface area contributed by atoms with Gasteiger partial charge in [-0.2, -0.15) is 0 Å². The third kappa shape index (κ3) is 3.93. The zero-order valence-corrected chi connectivity index (χ0v) is 11.8. The van der Waals surface area contributed by atoms with Crippen LogP contribution in [-0.4, -0.2) is 11.7 Å². The minimum Gasteiger partial charge on any atom is -0.326 e. The molecule has 0 bridgehead atoms. The highest BCUT2D eigenvalue weighted by Crippen LogP contribution is 2.13. The van der Waals surface area contributed by atoms with Crippen LogP contribution in [0.3, 0.4) is 0 Å². The fourth-order valence-corrected chi connectivity index (χ4v) is 1.91. The number of Topliss-reactive ketones (excluding diaryl/α,β-unsaturated/α-hetero) is 1. The monoisotopic (exact) mass is 287 g/mol. The lowest BCUT2D eigenvalue weighted by Gasteiger charge is -2.06. The number of anilines is 1. The summed E-state index contributed by atoms with van der Waals surface area (Å²) < 4.78 is 0. The van der Waals surface area contributed by atoms with E-state index < -0.39 is 0 Å². The highest BCUT2D eigenvalue weighted by atomic mass is 35.5. The zero-order chi connectivity index (χ0) is 14.5. The van der Waals surface area contributed by atoms with Gasteiger partial charge in [0.1, 0.15) is 0 Å². The highest BCUT2D eigenvalue weighted by molar-refractivity contribution is 6.30. The summed E-state index contributed by atoms with van der Waals surface area (Å²) in [5, 5.41) is 3.44. The number of carbonyl (C=O) groups excluding carboxylic acids is 2. The van der Waals surface area contributed by atoms with Gasteiger partial charge in [-0.1, -0.05) is 23.7 Å². The Hall–Kier alpha value is -2.13. The number of ketones is 1. The van der Waals surface area contributed by atoms with E-state index in [1.807, 2.05) is 12.1 Å². The van der Waals surface area contributed by atoms with Crippen molar-refractivity contribution in [2.45, 2.75) is 13.3 Å². The number of benzene rings is 2. The Bertz CT molecular complexity index is 618. The van der Waals surface area contributed by atoms with Crippen LogP contribution in [0.15, 0.2) is 48.5 Å². The number of hydrogen-bond donors (Lipinski definition) is 1. The molecule has 0 aromatic heterocycles. The van der Waals surface area contributed by atoms with E-state index in [0.29, 0.717) is 16.3 Å². The minimum absolute atomic E-state index is 0.00374. The predicted octanol–water partition coefficient (Wildman–Crippen LogP) is 3.72. The topological polar surface area (TPSA) is 46.2 Å². The summed E-state index contributed by atoms with van der Waals surface area (Å²) in [6.07, 6.45) is 0.283. The van der Waals surface area contributed by atoms with Crippen molar-refractivity contribution in [3.63, 3.8) is 0 Å². The average Bonchev–Trinajstić information content (AvgIpc) is 2.42. The molecule has 1 amide bonds. The number of halogens is 1. The van der Waals surface area contributed by atoms with E-state index in [4.69, 9.17) is 11.6 Å². The van der Waals surface area contributed by atoms with Crippen molar-refractivity contribution in [1.82, 2.24) is 0 Å². The second-order valence-electron chi connectivity index (χ2n) is 4.48. The number of amides is 1. The first kappa shape index (κ1) is 14.3. The van der Waals surface area contributed by atoms with Crippen molar-refractivity contribution in [1.29, 1.82) is 0 Å². The number of rotatable bonds is 4. The van der Waals surface area contributed by atoms with E-state index in [1.165, 1.54) is 6.92 Å². The lowest BCUT2D eigenvalue weighted by Crippen LogP contribution is -2.14. The molecule has 0 fully saturated rings. The van der Waals surface area contributed by atoms with E-state index in [0.717, 1.165) is 5.56 Å². The molecule has 1 N–H and O–H groups in total. The molecule has 0 aliphatic rings. The first-order chi connectivity index (χ1) is 9.54. The molecule has 0 saturated carbocycles. The summed E-state index contributed by atoms with van der Waals surface area (Å²) in [5.74, 6) is -0.105. The van der Waals surface area contributed by atoms with Gasteiger partial charge in [0.25, 0.3) is 0 Å². The maximum absolute atomic E-state index is 11.9. The Kier molecular flexibility index (Phi) is 4.53. The van der Waals surface area contributed by atoms with Gasteiger partial charge >= 0.3 is 0 Å². The van der Waals surface area contributed by atoms with Crippen LogP contribution in [0.5, 0.6) is 0 Å². The molecule has 0 saturated heterocycles. The van der Waals surface area contributed by atoms with Gasteiger partial charge in [0.15, 0.2) is 5.78 Å². The van der Waals surface area contributed by atoms with Crippen LogP contribution in [0, 0.1) is 0 Å². The van der Waals surface area contributed by atoms with Gasteiger partial charge in [-0.25, -0.2) is 0 Å². The van der Waals surface area contributed by atoms with Crippen molar-refractivity contribution < 1.29 is 9.59 Å². The average molecular weight is 288 g/mol. The Labute approximate surface area is 122 Å². The fourth-order valence-electron chi connectivity index (χ4n) is 1.78. The van der Waals surface area contributed by atoms with Crippen molar-refractivity contribution in [3.8, 4) is 0 Å². The summed E-state index contributed by atoms with van der Waals surface area (Å²) in [4.78, 5) is 23.0. The van der Waals surface area contributed by atoms with Crippen LogP contribution < -0.4 is 5.32 Å². The summed E-state index contributed by atoms with van der Waals surface area (Å²) in [6, 6.07) is 14.0. The molecule has 2 aromatic rings. The number of nitrogens with one attached hydrogen (secondary N) is 1. The smallest absolute Gasteiger partial charge is 0.228 e. The van der Waals surface area contributed by atoms with Gasteiger partial charge in [-0.3, -0.25) is 9.59 Å². The lowest BCUT2D eigenvalue weighted by molar-refractivity contribution is -0.115. The van der Waals surface area contributed by atoms with E-state index in [2.05, 4.69) is 5.32 Å². The third-order valence-electron chi connectivity index (χ3n) is 2.85. The fraction of sp³-hybridized carbons (Fsp3) is 0.125. The van der Waals surface area contributed by atoms with Gasteiger partial charge in [0, 0.05) is 16.3 Å². The van der Waals surface area contributed by atoms with Crippen molar-refractivity contribution in [2.75, 3.05) is 5.32 Å². The predicted molar refractivity (Wildman–Crippen MR) is 80.2 cm³/mol. The second-order valence-corrected chi connectivity index (χ2v) is 4.92. The van der Waals surface area contributed by atoms with Crippen LogP contribution in [0.25, 0.3) is 0 Å². The van der Waals surface area contributed by atoms with Gasteiger partial charge in [-0.05, 0) is 48.9 Å². The molecule has 0 aliphatic carbocycles. The first-order valence-corrected chi connectivity index (χ1v) is 6.58. The Morgan fingerprint density at radius 1 is 1.00 bits per heavy atom. The van der Waals surface area contributed by atoms with Crippen LogP contribution >= 0.6 is 11.6 Å². The minimum atomic E-state index is -0.108. The number of carbonyl (C=O) groups is 2. The zero-order valence-electron chi connectivity index (χ0n) is 11.0. The normalized spacial score (nSPS) is 10.1. The van der Waals surface area contributed by atoms with Crippen LogP contribution in [-0.2, 0) is 11.2 Å². The first-order valence-electron chi connectivity index (χ1n) is 6.20. The van der Waals surface area contributed by atoms with Crippen LogP contribution in [0.2, 0.25) is 5.02 Å². The van der Waals surface area contributed by atoms with Crippen molar-refractivity contribution in [3.05, 3.63) is 64.7 Å². The van der Waals surface area contributed by atoms with E-state index in [1.54, 1.807) is 36.4 Å². The molecule has 0 aliphatic heterocycles. The molecule has 0 unspecified atom stereocenters. The summed E-state index contributed by atoms with van der Waals surface area (Å²) >= 11 is 5.79. The van der Waals surface area contributed by atoms with Crippen LogP contribution in [0.1, 0.15) is 22.8 Å². The summed E-state index contributed by atoms with van der Waals surface area (Å²) in [7, 11) is 0. The molecule has 0 radical (unpaired) electrons. The molecular weight excluding hydrogens is 274 g/mol. The van der Waals surface area contributed by atoms with E-state index in [9.17, 15) is 9.59 Å². The Morgan fingerprint density at radius 3 is 2.15 bits per heavy atom. The lowest BCUT2D eigenvalue weighted by atomic mass is 10.1. The standard InChI is InChI=1S/C16H14ClNO2/c1-11(19)13-4-8-15(9-5-13)18-16(20)10-12-2-6-14(17)7-3-12/h2-9H,10H2,1H3,(H,18,20). The quantitative estimate of drug-likeness (QED) is 0.871. The molecule has 0 atom stereocenters. The van der Waals surface area contributed by atoms with Crippen molar-refractivity contribution >= 4 is 29.0 Å². The molecular formula is C16H14ClNO2. The SMILES string of the molecule is CC(=O)c1ccc(NC(=O)Cc2ccc(Cl)cc2)cc1. The number of hydrogen-bond acceptors (Lipinski definition) is 2. The highest BCUT2D eigenvalue weighted by Gasteiger charge is 2.05. The molecule has 0 heterocycles. The molecule has 3 nitrogen and oxygen atoms in total. The molecule has 2 aromatic carbocycles. The van der Waals surface area contributed by atoms with E-state index in [-0.39, 0.29) is 18.1 Å². The Balaban J connectivity index is 1.97. The third-order valence-corrected chi connectivity index (χ3v) is 3.11. The maximum atomic E-state index is 11.9. The van der Waals surface area contributed by atoms with Gasteiger partial charge < -0.3 is 5.32 Å². The summed E-state index contributed by atoms with van der Waals surface area (Å²) in [5.41, 5.74) is 2.20. The maximum Gasteiger partial charge on any atom is 0.228 e. The van der Waals surface area contributed by atoms with Gasteiger partial charge in [-0.15, -0.1) is 0 Å². The Morgan fingerprint density at radius 2 is 1.60 bits per heavy atom. The summed E-state index contributed by atoms with van der Waals surface area (Å²) in [6.45, 7) is 1.51. The van der Waals surface area contributed by atoms with Gasteiger partial charge in [0.2, 0.25) is 5.91 Å². The largest absolute Gasteiger partial charge is 0.326 e. The van der Waals surface area contributed by atoms with Crippen LogP contribution in [0.4, 0.5) is 5.69 Å². The molecule has 20 heavy (non-hydrogen) atoms. The molecule has 102 valence electrons. The molecule has 4 heteroatoms. The van der Waals surface area contributed by atoms with Gasteiger partial charge in [0.05, 0.1) is 6.42 Å². The van der Waals surface area contributed by atoms with Crippen molar-refractivity contribution in [2.24, 2.45) is 0 Å². The van der Waals surface area contributed by atoms with E-state index >= 15 is 0 Å². The second kappa shape index (κ2) is 6.35. The molecule has 0 spiro atoms.